The van der Waals surface area contributed by atoms with Crippen molar-refractivity contribution in [1.82, 2.24) is 5.64 Å². The van der Waals surface area contributed by atoms with Crippen LogP contribution < -0.4 is 15.3 Å². The molecule has 7 nitrogen and oxygen atoms in total. The van der Waals surface area contributed by atoms with Crippen LogP contribution in [0.5, 0.6) is 11.5 Å². The van der Waals surface area contributed by atoms with Crippen molar-refractivity contribution in [2.45, 2.75) is 12.8 Å². The maximum Gasteiger partial charge on any atom is 0.411 e. The highest BCUT2D eigenvalue weighted by atomic mass is 19.4. The third-order valence-corrected chi connectivity index (χ3v) is 2.17. The Morgan fingerprint density at radius 1 is 1.32 bits per heavy atom. The van der Waals surface area contributed by atoms with Crippen molar-refractivity contribution in [2.24, 2.45) is 0 Å². The molecule has 0 saturated heterocycles. The molecule has 0 bridgehead atoms. The van der Waals surface area contributed by atoms with E-state index in [1.54, 1.807) is 0 Å². The van der Waals surface area contributed by atoms with Crippen LogP contribution in [0.2, 0.25) is 0 Å². The number of fused-ring (bicyclic) bond motifs is 1. The van der Waals surface area contributed by atoms with Crippen molar-refractivity contribution >= 4 is 5.69 Å². The zero-order valence-electron chi connectivity index (χ0n) is 9.19. The molecular weight excluding hydrogens is 273 g/mol. The number of halogens is 3. The van der Waals surface area contributed by atoms with Crippen molar-refractivity contribution in [2.75, 3.05) is 6.61 Å². The van der Waals surface area contributed by atoms with Crippen LogP contribution in [-0.4, -0.2) is 17.7 Å². The fourth-order valence-electron chi connectivity index (χ4n) is 1.42. The summed E-state index contributed by atoms with van der Waals surface area (Å²) in [5, 5.41) is 10.8. The average molecular weight is 280 g/mol. The van der Waals surface area contributed by atoms with E-state index in [4.69, 9.17) is 9.68 Å². The maximum absolute atomic E-state index is 11.9. The number of hydrogen-bond donors (Lipinski definition) is 1. The second-order valence-electron chi connectivity index (χ2n) is 3.58. The zero-order valence-corrected chi connectivity index (χ0v) is 9.19. The van der Waals surface area contributed by atoms with Crippen molar-refractivity contribution in [3.63, 3.8) is 0 Å². The van der Waals surface area contributed by atoms with E-state index in [1.165, 1.54) is 6.07 Å². The first-order valence-corrected chi connectivity index (χ1v) is 4.91. The van der Waals surface area contributed by atoms with E-state index in [1.807, 2.05) is 5.64 Å². The summed E-state index contributed by atoms with van der Waals surface area (Å²) in [4.78, 5) is 19.5. The van der Waals surface area contributed by atoms with Crippen LogP contribution >= 0.6 is 0 Å². The highest BCUT2D eigenvalue weighted by molar-refractivity contribution is 5.54. The van der Waals surface area contributed by atoms with E-state index in [0.29, 0.717) is 0 Å². The molecule has 0 spiro atoms. The Balaban J connectivity index is 2.16. The van der Waals surface area contributed by atoms with Gasteiger partial charge in [0.25, 0.3) is 5.69 Å². The van der Waals surface area contributed by atoms with Crippen molar-refractivity contribution in [1.29, 1.82) is 0 Å². The third kappa shape index (κ3) is 3.23. The summed E-state index contributed by atoms with van der Waals surface area (Å²) in [6.45, 7) is -2.05. The normalized spacial score (nSPS) is 13.6. The van der Waals surface area contributed by atoms with Gasteiger partial charge in [-0.25, -0.2) is 0 Å². The van der Waals surface area contributed by atoms with Crippen LogP contribution in [0.4, 0.5) is 18.9 Å². The number of hydrogen-bond acceptors (Lipinski definition) is 6. The minimum Gasteiger partial charge on any atom is -0.370 e. The van der Waals surface area contributed by atoms with Gasteiger partial charge in [0.05, 0.1) is 23.2 Å². The summed E-state index contributed by atoms with van der Waals surface area (Å²) in [6.07, 6.45) is -4.49. The van der Waals surface area contributed by atoms with E-state index in [-0.39, 0.29) is 17.1 Å². The fraction of sp³-hybridized carbons (Fsp3) is 0.333. The van der Waals surface area contributed by atoms with E-state index in [0.717, 1.165) is 6.07 Å². The quantitative estimate of drug-likeness (QED) is 0.669. The molecule has 0 unspecified atom stereocenters. The zero-order chi connectivity index (χ0) is 14.0. The van der Waals surface area contributed by atoms with Crippen LogP contribution in [0, 0.1) is 10.1 Å². The summed E-state index contributed by atoms with van der Waals surface area (Å²) in [5.41, 5.74) is 1.57. The smallest absolute Gasteiger partial charge is 0.370 e. The number of benzene rings is 1. The van der Waals surface area contributed by atoms with Gasteiger partial charge >= 0.3 is 6.18 Å². The predicted molar refractivity (Wildman–Crippen MR) is 53.2 cm³/mol. The molecule has 0 saturated carbocycles. The van der Waals surface area contributed by atoms with E-state index >= 15 is 0 Å². The largest absolute Gasteiger partial charge is 0.411 e. The van der Waals surface area contributed by atoms with Crippen LogP contribution in [0.25, 0.3) is 0 Å². The third-order valence-electron chi connectivity index (χ3n) is 2.17. The Kier molecular flexibility index (Phi) is 3.44. The predicted octanol–water partition coefficient (Wildman–Crippen LogP) is 1.86. The molecule has 0 aromatic heterocycles. The minimum atomic E-state index is -4.49. The van der Waals surface area contributed by atoms with Crippen LogP contribution in [0.1, 0.15) is 5.56 Å². The molecule has 0 atom stereocenters. The highest BCUT2D eigenvalue weighted by Crippen LogP contribution is 2.37. The van der Waals surface area contributed by atoms with Crippen molar-refractivity contribution in [3.05, 3.63) is 27.8 Å². The maximum atomic E-state index is 11.9. The summed E-state index contributed by atoms with van der Waals surface area (Å²) in [5.74, 6) is 0.211. The average Bonchev–Trinajstić information content (AvgIpc) is 2.72. The van der Waals surface area contributed by atoms with Crippen LogP contribution in [0.15, 0.2) is 12.1 Å². The molecule has 1 aliphatic rings. The van der Waals surface area contributed by atoms with Crippen molar-refractivity contribution < 1.29 is 32.5 Å². The van der Waals surface area contributed by atoms with Gasteiger partial charge in [-0.2, -0.15) is 13.2 Å². The van der Waals surface area contributed by atoms with Gasteiger partial charge < -0.3 is 14.4 Å². The lowest BCUT2D eigenvalue weighted by atomic mass is 10.1. The van der Waals surface area contributed by atoms with Crippen LogP contribution in [0.3, 0.4) is 0 Å². The molecule has 19 heavy (non-hydrogen) atoms. The Morgan fingerprint density at radius 2 is 1.95 bits per heavy atom. The van der Waals surface area contributed by atoms with Gasteiger partial charge in [-0.3, -0.25) is 10.1 Å². The van der Waals surface area contributed by atoms with Gasteiger partial charge in [-0.15, -0.1) is 0 Å². The number of nitro groups is 1. The van der Waals surface area contributed by atoms with Crippen LogP contribution in [-0.2, 0) is 11.3 Å². The molecule has 0 radical (unpaired) electrons. The standard InChI is InChI=1S/C9H7F3N2O5/c10-9(11,12)4-17-3-5-1-7-8(19-13-18-7)2-6(5)14(15)16/h1-2,13H,3-4H2. The van der Waals surface area contributed by atoms with Crippen molar-refractivity contribution in [3.8, 4) is 11.5 Å². The highest BCUT2D eigenvalue weighted by Gasteiger charge is 2.29. The molecule has 10 heteroatoms. The molecule has 0 aliphatic carbocycles. The lowest BCUT2D eigenvalue weighted by Gasteiger charge is -2.08. The number of nitrogens with one attached hydrogen (secondary N) is 1. The van der Waals surface area contributed by atoms with Gasteiger partial charge in [-0.05, 0) is 6.07 Å². The molecule has 1 aromatic carbocycles. The molecule has 0 fully saturated rings. The van der Waals surface area contributed by atoms with Gasteiger partial charge in [-0.1, -0.05) is 0 Å². The Hall–Kier alpha value is -2.07. The summed E-state index contributed by atoms with van der Waals surface area (Å²) in [6, 6.07) is 2.23. The molecule has 1 aliphatic heterocycles. The first kappa shape index (κ1) is 13.4. The first-order chi connectivity index (χ1) is 8.87. The van der Waals surface area contributed by atoms with E-state index in [9.17, 15) is 23.3 Å². The second kappa shape index (κ2) is 4.90. The number of ether oxygens (including phenoxy) is 1. The minimum absolute atomic E-state index is 0.0414. The SMILES string of the molecule is O=[N+]([O-])c1cc2c(cc1COCC(F)(F)F)ONO2. The van der Waals surface area contributed by atoms with E-state index < -0.39 is 30.0 Å². The Morgan fingerprint density at radius 3 is 2.53 bits per heavy atom. The number of nitro benzene ring substituents is 1. The monoisotopic (exact) mass is 280 g/mol. The lowest BCUT2D eigenvalue weighted by molar-refractivity contribution is -0.386. The van der Waals surface area contributed by atoms with Gasteiger partial charge in [0.1, 0.15) is 6.61 Å². The number of rotatable bonds is 4. The molecule has 0 amide bonds. The van der Waals surface area contributed by atoms with E-state index in [2.05, 4.69) is 4.74 Å². The Bertz CT molecular complexity index is 505. The summed E-state index contributed by atoms with van der Waals surface area (Å²) >= 11 is 0. The first-order valence-electron chi connectivity index (χ1n) is 4.91. The van der Waals surface area contributed by atoms with Gasteiger partial charge in [0, 0.05) is 5.64 Å². The molecular formula is C9H7F3N2O5. The fourth-order valence-corrected chi connectivity index (χ4v) is 1.42. The molecule has 1 heterocycles. The topological polar surface area (TPSA) is 82.9 Å². The summed E-state index contributed by atoms with van der Waals surface area (Å²) in [7, 11) is 0. The number of alkyl halides is 3. The van der Waals surface area contributed by atoms with Gasteiger partial charge in [0.2, 0.25) is 5.75 Å². The Labute approximate surface area is 103 Å². The van der Waals surface area contributed by atoms with Gasteiger partial charge in [0.15, 0.2) is 5.75 Å². The number of nitrogens with zero attached hydrogens (tertiary/aromatic N) is 1. The molecule has 1 N–H and O–H groups in total. The lowest BCUT2D eigenvalue weighted by Crippen LogP contribution is -2.17. The molecule has 2 rings (SSSR count). The molecule has 104 valence electrons. The molecule has 1 aromatic rings. The summed E-state index contributed by atoms with van der Waals surface area (Å²) < 4.78 is 40.2. The second-order valence-corrected chi connectivity index (χ2v) is 3.58.